The van der Waals surface area contributed by atoms with Gasteiger partial charge in [-0.3, -0.25) is 4.79 Å². The smallest absolute Gasteiger partial charge is 0.405 e. The van der Waals surface area contributed by atoms with Gasteiger partial charge in [0.15, 0.2) is 6.61 Å². The fourth-order valence-electron chi connectivity index (χ4n) is 2.24. The van der Waals surface area contributed by atoms with E-state index in [1.165, 1.54) is 0 Å². The van der Waals surface area contributed by atoms with Crippen LogP contribution in [0.2, 0.25) is 0 Å². The van der Waals surface area contributed by atoms with Gasteiger partial charge in [-0.25, -0.2) is 4.79 Å². The third-order valence-electron chi connectivity index (χ3n) is 3.04. The summed E-state index contributed by atoms with van der Waals surface area (Å²) in [7, 11) is 0. The molecule has 0 unspecified atom stereocenters. The van der Waals surface area contributed by atoms with E-state index in [0.29, 0.717) is 11.3 Å². The van der Waals surface area contributed by atoms with Crippen molar-refractivity contribution in [2.45, 2.75) is 39.9 Å². The second kappa shape index (κ2) is 6.85. The zero-order chi connectivity index (χ0) is 17.1. The van der Waals surface area contributed by atoms with Crippen molar-refractivity contribution < 1.29 is 27.5 Å². The molecule has 0 saturated carbocycles. The molecule has 22 heavy (non-hydrogen) atoms. The molecule has 1 aromatic heterocycles. The van der Waals surface area contributed by atoms with E-state index in [0.717, 1.165) is 5.69 Å². The van der Waals surface area contributed by atoms with Gasteiger partial charge in [0.1, 0.15) is 6.54 Å². The molecule has 1 amide bonds. The summed E-state index contributed by atoms with van der Waals surface area (Å²) < 4.78 is 42.5. The van der Waals surface area contributed by atoms with Crippen molar-refractivity contribution in [2.24, 2.45) is 0 Å². The molecule has 0 bridgehead atoms. The lowest BCUT2D eigenvalue weighted by atomic mass is 10.2. The highest BCUT2D eigenvalue weighted by molar-refractivity contribution is 5.92. The standard InChI is InChI=1S/C14H19F3N2O3/c1-8(2)19-9(3)5-11(10(19)4)13(21)22-6-12(20)18-7-14(15,16)17/h5,8H,6-7H2,1-4H3,(H,18,20). The Morgan fingerprint density at radius 2 is 1.91 bits per heavy atom. The van der Waals surface area contributed by atoms with Gasteiger partial charge in [-0.05, 0) is 33.8 Å². The number of esters is 1. The Bertz CT molecular complexity index is 562. The van der Waals surface area contributed by atoms with Crippen LogP contribution < -0.4 is 5.32 Å². The molecule has 0 fully saturated rings. The van der Waals surface area contributed by atoms with Crippen LogP contribution in [0.3, 0.4) is 0 Å². The predicted molar refractivity (Wildman–Crippen MR) is 73.6 cm³/mol. The molecule has 0 aliphatic heterocycles. The molecule has 0 aromatic carbocycles. The molecule has 124 valence electrons. The Kier molecular flexibility index (Phi) is 5.62. The number of aromatic nitrogens is 1. The minimum atomic E-state index is -4.50. The summed E-state index contributed by atoms with van der Waals surface area (Å²) in [5.41, 5.74) is 1.85. The van der Waals surface area contributed by atoms with Crippen molar-refractivity contribution in [3.63, 3.8) is 0 Å². The molecule has 0 saturated heterocycles. The predicted octanol–water partition coefficient (Wildman–Crippen LogP) is 2.52. The first-order chi connectivity index (χ1) is 10.0. The molecule has 0 atom stereocenters. The molecular weight excluding hydrogens is 301 g/mol. The number of halogens is 3. The Morgan fingerprint density at radius 3 is 2.36 bits per heavy atom. The van der Waals surface area contributed by atoms with Crippen LogP contribution >= 0.6 is 0 Å². The molecule has 0 aliphatic carbocycles. The molecule has 0 aliphatic rings. The first-order valence-electron chi connectivity index (χ1n) is 6.72. The first-order valence-corrected chi connectivity index (χ1v) is 6.72. The van der Waals surface area contributed by atoms with Gasteiger partial charge in [-0.15, -0.1) is 0 Å². The largest absolute Gasteiger partial charge is 0.452 e. The van der Waals surface area contributed by atoms with Crippen LogP contribution in [0.5, 0.6) is 0 Å². The number of carbonyl (C=O) groups excluding carboxylic acids is 2. The van der Waals surface area contributed by atoms with Crippen molar-refractivity contribution in [3.05, 3.63) is 23.0 Å². The van der Waals surface area contributed by atoms with Crippen molar-refractivity contribution in [1.82, 2.24) is 9.88 Å². The lowest BCUT2D eigenvalue weighted by molar-refractivity contribution is -0.140. The third kappa shape index (κ3) is 4.78. The lowest BCUT2D eigenvalue weighted by Gasteiger charge is -2.13. The third-order valence-corrected chi connectivity index (χ3v) is 3.04. The highest BCUT2D eigenvalue weighted by atomic mass is 19.4. The molecule has 5 nitrogen and oxygen atoms in total. The summed E-state index contributed by atoms with van der Waals surface area (Å²) in [5, 5.41) is 1.63. The molecule has 8 heteroatoms. The van der Waals surface area contributed by atoms with Crippen LogP contribution in [-0.4, -0.2) is 35.8 Å². The van der Waals surface area contributed by atoms with Gasteiger partial charge in [-0.2, -0.15) is 13.2 Å². The van der Waals surface area contributed by atoms with Crippen molar-refractivity contribution >= 4 is 11.9 Å². The maximum absolute atomic E-state index is 11.9. The molecule has 0 spiro atoms. The average Bonchev–Trinajstić information content (AvgIpc) is 2.68. The number of carbonyl (C=O) groups is 2. The lowest BCUT2D eigenvalue weighted by Crippen LogP contribution is -2.36. The zero-order valence-corrected chi connectivity index (χ0v) is 12.9. The van der Waals surface area contributed by atoms with Gasteiger partial charge in [0.05, 0.1) is 5.56 Å². The van der Waals surface area contributed by atoms with Gasteiger partial charge in [0.25, 0.3) is 5.91 Å². The SMILES string of the molecule is Cc1cc(C(=O)OCC(=O)NCC(F)(F)F)c(C)n1C(C)C. The van der Waals surface area contributed by atoms with Crippen LogP contribution in [0.1, 0.15) is 41.6 Å². The Morgan fingerprint density at radius 1 is 1.32 bits per heavy atom. The number of nitrogens with one attached hydrogen (secondary N) is 1. The summed E-state index contributed by atoms with van der Waals surface area (Å²) in [6.45, 7) is 5.29. The molecule has 1 heterocycles. The van der Waals surface area contributed by atoms with Crippen LogP contribution in [0.4, 0.5) is 13.2 Å². The number of hydrogen-bond acceptors (Lipinski definition) is 3. The van der Waals surface area contributed by atoms with E-state index >= 15 is 0 Å². The summed E-state index contributed by atoms with van der Waals surface area (Å²) in [6.07, 6.45) is -4.50. The van der Waals surface area contributed by atoms with E-state index in [-0.39, 0.29) is 6.04 Å². The zero-order valence-electron chi connectivity index (χ0n) is 12.9. The van der Waals surface area contributed by atoms with Crippen molar-refractivity contribution in [2.75, 3.05) is 13.2 Å². The van der Waals surface area contributed by atoms with E-state index in [1.807, 2.05) is 25.3 Å². The number of hydrogen-bond donors (Lipinski definition) is 1. The van der Waals surface area contributed by atoms with Gasteiger partial charge in [0, 0.05) is 17.4 Å². The fourth-order valence-corrected chi connectivity index (χ4v) is 2.24. The van der Waals surface area contributed by atoms with Crippen molar-refractivity contribution in [1.29, 1.82) is 0 Å². The van der Waals surface area contributed by atoms with Gasteiger partial charge in [0.2, 0.25) is 0 Å². The molecular formula is C14H19F3N2O3. The summed E-state index contributed by atoms with van der Waals surface area (Å²) in [6, 6.07) is 1.78. The average molecular weight is 320 g/mol. The minimum Gasteiger partial charge on any atom is -0.452 e. The maximum Gasteiger partial charge on any atom is 0.405 e. The summed E-state index contributed by atoms with van der Waals surface area (Å²) in [4.78, 5) is 23.1. The second-order valence-electron chi connectivity index (χ2n) is 5.22. The van der Waals surface area contributed by atoms with E-state index in [2.05, 4.69) is 0 Å². The van der Waals surface area contributed by atoms with Crippen LogP contribution in [-0.2, 0) is 9.53 Å². The number of amides is 1. The fraction of sp³-hybridized carbons (Fsp3) is 0.571. The van der Waals surface area contributed by atoms with Crippen LogP contribution in [0, 0.1) is 13.8 Å². The number of rotatable bonds is 5. The molecule has 1 aromatic rings. The topological polar surface area (TPSA) is 60.3 Å². The Hall–Kier alpha value is -1.99. The number of ether oxygens (including phenoxy) is 1. The highest BCUT2D eigenvalue weighted by Crippen LogP contribution is 2.20. The van der Waals surface area contributed by atoms with Crippen LogP contribution in [0.15, 0.2) is 6.07 Å². The highest BCUT2D eigenvalue weighted by Gasteiger charge is 2.28. The van der Waals surface area contributed by atoms with E-state index in [9.17, 15) is 22.8 Å². The van der Waals surface area contributed by atoms with E-state index in [4.69, 9.17) is 4.74 Å². The number of aryl methyl sites for hydroxylation is 1. The second-order valence-corrected chi connectivity index (χ2v) is 5.22. The van der Waals surface area contributed by atoms with E-state index in [1.54, 1.807) is 18.3 Å². The summed E-state index contributed by atoms with van der Waals surface area (Å²) >= 11 is 0. The molecule has 1 N–H and O–H groups in total. The van der Waals surface area contributed by atoms with Crippen molar-refractivity contribution in [3.8, 4) is 0 Å². The monoisotopic (exact) mass is 320 g/mol. The maximum atomic E-state index is 11.9. The van der Waals surface area contributed by atoms with Gasteiger partial charge < -0.3 is 14.6 Å². The number of nitrogens with zero attached hydrogens (tertiary/aromatic N) is 1. The van der Waals surface area contributed by atoms with E-state index < -0.39 is 31.2 Å². The normalized spacial score (nSPS) is 11.6. The molecule has 1 rings (SSSR count). The Balaban J connectivity index is 2.64. The van der Waals surface area contributed by atoms with Crippen LogP contribution in [0.25, 0.3) is 0 Å². The summed E-state index contributed by atoms with van der Waals surface area (Å²) in [5.74, 6) is -1.73. The number of alkyl halides is 3. The quantitative estimate of drug-likeness (QED) is 0.848. The molecule has 0 radical (unpaired) electrons. The minimum absolute atomic E-state index is 0.150. The Labute approximate surface area is 126 Å². The van der Waals surface area contributed by atoms with Gasteiger partial charge in [-0.1, -0.05) is 0 Å². The first kappa shape index (κ1) is 18.1. The van der Waals surface area contributed by atoms with Gasteiger partial charge >= 0.3 is 12.1 Å².